The molecule has 0 aliphatic heterocycles. The molecule has 0 fully saturated rings. The number of benzene rings is 1. The van der Waals surface area contributed by atoms with E-state index in [4.69, 9.17) is 4.52 Å². The first-order chi connectivity index (χ1) is 10.6. The number of hydrogen-bond acceptors (Lipinski definition) is 6. The highest BCUT2D eigenvalue weighted by atomic mass is 16.6. The first-order valence-electron chi connectivity index (χ1n) is 7.02. The Kier molecular flexibility index (Phi) is 3.62. The number of nitrogens with zero attached hydrogens (tertiary/aromatic N) is 4. The number of hydrogen-bond donors (Lipinski definition) is 0. The molecule has 0 saturated heterocycles. The van der Waals surface area contributed by atoms with Gasteiger partial charge in [0, 0.05) is 13.6 Å². The highest BCUT2D eigenvalue weighted by Gasteiger charge is 2.22. The maximum atomic E-state index is 12.6. The first-order valence-corrected chi connectivity index (χ1v) is 7.02. The van der Waals surface area contributed by atoms with Gasteiger partial charge in [0.2, 0.25) is 0 Å². The lowest BCUT2D eigenvalue weighted by atomic mass is 10.1. The summed E-state index contributed by atoms with van der Waals surface area (Å²) in [5.41, 5.74) is 3.56. The van der Waals surface area contributed by atoms with Crippen LogP contribution in [-0.2, 0) is 13.0 Å². The van der Waals surface area contributed by atoms with Crippen molar-refractivity contribution < 1.29 is 13.9 Å². The van der Waals surface area contributed by atoms with Gasteiger partial charge in [-0.2, -0.15) is 0 Å². The van der Waals surface area contributed by atoms with E-state index in [0.717, 1.165) is 5.56 Å². The van der Waals surface area contributed by atoms with Crippen LogP contribution in [0.25, 0.3) is 11.0 Å². The van der Waals surface area contributed by atoms with E-state index < -0.39 is 0 Å². The van der Waals surface area contributed by atoms with Gasteiger partial charge in [-0.15, -0.1) is 0 Å². The normalized spacial score (nSPS) is 11.0. The van der Waals surface area contributed by atoms with Gasteiger partial charge in [-0.05, 0) is 41.4 Å². The fourth-order valence-corrected chi connectivity index (χ4v) is 2.40. The zero-order chi connectivity index (χ0) is 15.7. The fourth-order valence-electron chi connectivity index (χ4n) is 2.40. The van der Waals surface area contributed by atoms with Crippen molar-refractivity contribution >= 4 is 16.9 Å². The number of aryl methyl sites for hydroxylation is 2. The van der Waals surface area contributed by atoms with Crippen molar-refractivity contribution in [3.63, 3.8) is 0 Å². The molecule has 0 saturated carbocycles. The van der Waals surface area contributed by atoms with Crippen LogP contribution < -0.4 is 0 Å². The van der Waals surface area contributed by atoms with Crippen LogP contribution in [0.5, 0.6) is 0 Å². The molecule has 0 unspecified atom stereocenters. The lowest BCUT2D eigenvalue weighted by Gasteiger charge is -2.17. The molecule has 114 valence electrons. The van der Waals surface area contributed by atoms with E-state index in [9.17, 15) is 4.79 Å². The summed E-state index contributed by atoms with van der Waals surface area (Å²) < 4.78 is 9.80. The first kappa shape index (κ1) is 14.2. The van der Waals surface area contributed by atoms with E-state index in [1.54, 1.807) is 18.9 Å². The van der Waals surface area contributed by atoms with Crippen LogP contribution in [0, 0.1) is 6.92 Å². The van der Waals surface area contributed by atoms with Crippen LogP contribution in [0.15, 0.2) is 27.4 Å². The second-order valence-corrected chi connectivity index (χ2v) is 5.16. The Morgan fingerprint density at radius 3 is 2.77 bits per heavy atom. The molecular weight excluding hydrogens is 284 g/mol. The van der Waals surface area contributed by atoms with E-state index in [-0.39, 0.29) is 5.91 Å². The second kappa shape index (κ2) is 5.59. The van der Waals surface area contributed by atoms with Crippen molar-refractivity contribution in [2.75, 3.05) is 7.05 Å². The molecule has 3 rings (SSSR count). The summed E-state index contributed by atoms with van der Waals surface area (Å²) in [5.74, 6) is 0.443. The molecule has 0 aliphatic carbocycles. The van der Waals surface area contributed by atoms with E-state index in [0.29, 0.717) is 41.0 Å². The molecule has 0 N–H and O–H groups in total. The highest BCUT2D eigenvalue weighted by Crippen LogP contribution is 2.18. The Morgan fingerprint density at radius 1 is 1.23 bits per heavy atom. The number of carbonyl (C=O) groups is 1. The third kappa shape index (κ3) is 2.45. The number of fused-ring (bicyclic) bond motifs is 1. The van der Waals surface area contributed by atoms with Crippen LogP contribution >= 0.6 is 0 Å². The van der Waals surface area contributed by atoms with E-state index in [2.05, 4.69) is 20.1 Å². The van der Waals surface area contributed by atoms with Crippen LogP contribution in [-0.4, -0.2) is 33.3 Å². The Morgan fingerprint density at radius 2 is 2.00 bits per heavy atom. The largest absolute Gasteiger partial charge is 0.361 e. The van der Waals surface area contributed by atoms with E-state index in [1.165, 1.54) is 0 Å². The van der Waals surface area contributed by atoms with Crippen LogP contribution in [0.2, 0.25) is 0 Å². The van der Waals surface area contributed by atoms with E-state index in [1.807, 2.05) is 25.1 Å². The lowest BCUT2D eigenvalue weighted by molar-refractivity contribution is 0.0782. The van der Waals surface area contributed by atoms with Crippen molar-refractivity contribution in [2.24, 2.45) is 0 Å². The van der Waals surface area contributed by atoms with Gasteiger partial charge in [-0.3, -0.25) is 4.79 Å². The molecule has 3 aromatic rings. The summed E-state index contributed by atoms with van der Waals surface area (Å²) in [5, 5.41) is 11.5. The standard InChI is InChI=1S/C15H16N4O3/c1-4-11-14(9(2)21-16-11)15(20)19(3)8-10-5-6-12-13(7-10)18-22-17-12/h5-7H,4,8H2,1-3H3. The van der Waals surface area contributed by atoms with Crippen molar-refractivity contribution in [3.05, 3.63) is 40.8 Å². The topological polar surface area (TPSA) is 85.3 Å². The van der Waals surface area contributed by atoms with Crippen LogP contribution in [0.1, 0.15) is 34.3 Å². The minimum absolute atomic E-state index is 0.103. The molecule has 7 nitrogen and oxygen atoms in total. The van der Waals surface area contributed by atoms with Crippen molar-refractivity contribution in [3.8, 4) is 0 Å². The van der Waals surface area contributed by atoms with E-state index >= 15 is 0 Å². The molecule has 1 amide bonds. The third-order valence-corrected chi connectivity index (χ3v) is 3.57. The van der Waals surface area contributed by atoms with Gasteiger partial charge in [0.25, 0.3) is 5.91 Å². The maximum Gasteiger partial charge on any atom is 0.259 e. The molecule has 0 atom stereocenters. The lowest BCUT2D eigenvalue weighted by Crippen LogP contribution is -2.27. The molecule has 0 radical (unpaired) electrons. The predicted octanol–water partition coefficient (Wildman–Crippen LogP) is 2.35. The van der Waals surface area contributed by atoms with Gasteiger partial charge in [0.1, 0.15) is 22.4 Å². The molecular formula is C15H16N4O3. The smallest absolute Gasteiger partial charge is 0.259 e. The molecule has 0 aliphatic rings. The number of rotatable bonds is 4. The minimum atomic E-state index is -0.103. The average molecular weight is 300 g/mol. The SMILES string of the molecule is CCc1noc(C)c1C(=O)N(C)Cc1ccc2nonc2c1. The summed E-state index contributed by atoms with van der Waals surface area (Å²) in [6.07, 6.45) is 0.656. The van der Waals surface area contributed by atoms with Gasteiger partial charge < -0.3 is 9.42 Å². The Balaban J connectivity index is 1.82. The molecule has 2 aromatic heterocycles. The zero-order valence-electron chi connectivity index (χ0n) is 12.7. The molecule has 22 heavy (non-hydrogen) atoms. The number of carbonyl (C=O) groups excluding carboxylic acids is 1. The summed E-state index contributed by atoms with van der Waals surface area (Å²) in [4.78, 5) is 14.2. The summed E-state index contributed by atoms with van der Waals surface area (Å²) >= 11 is 0. The monoisotopic (exact) mass is 300 g/mol. The van der Waals surface area contributed by atoms with Crippen molar-refractivity contribution in [1.82, 2.24) is 20.4 Å². The molecule has 2 heterocycles. The fraction of sp³-hybridized carbons (Fsp3) is 0.333. The summed E-state index contributed by atoms with van der Waals surface area (Å²) in [6.45, 7) is 4.15. The second-order valence-electron chi connectivity index (χ2n) is 5.16. The Bertz CT molecular complexity index is 821. The summed E-state index contributed by atoms with van der Waals surface area (Å²) in [7, 11) is 1.75. The maximum absolute atomic E-state index is 12.6. The predicted molar refractivity (Wildman–Crippen MR) is 78.2 cm³/mol. The molecule has 7 heteroatoms. The third-order valence-electron chi connectivity index (χ3n) is 3.57. The van der Waals surface area contributed by atoms with Gasteiger partial charge in [-0.25, -0.2) is 4.63 Å². The molecule has 0 bridgehead atoms. The molecule has 1 aromatic carbocycles. The highest BCUT2D eigenvalue weighted by molar-refractivity contribution is 5.96. The minimum Gasteiger partial charge on any atom is -0.361 e. The van der Waals surface area contributed by atoms with Crippen molar-refractivity contribution in [1.29, 1.82) is 0 Å². The van der Waals surface area contributed by atoms with Gasteiger partial charge in [0.15, 0.2) is 0 Å². The average Bonchev–Trinajstić information content (AvgIpc) is 3.11. The Labute approximate surface area is 126 Å². The quantitative estimate of drug-likeness (QED) is 0.735. The number of amides is 1. The van der Waals surface area contributed by atoms with Gasteiger partial charge >= 0.3 is 0 Å². The Hall–Kier alpha value is -2.70. The van der Waals surface area contributed by atoms with Crippen molar-refractivity contribution in [2.45, 2.75) is 26.8 Å². The number of aromatic nitrogens is 3. The van der Waals surface area contributed by atoms with Crippen LogP contribution in [0.4, 0.5) is 0 Å². The summed E-state index contributed by atoms with van der Waals surface area (Å²) in [6, 6.07) is 5.58. The zero-order valence-corrected chi connectivity index (χ0v) is 12.7. The van der Waals surface area contributed by atoms with Crippen LogP contribution in [0.3, 0.4) is 0 Å². The molecule has 0 spiro atoms. The van der Waals surface area contributed by atoms with Gasteiger partial charge in [-0.1, -0.05) is 18.1 Å². The van der Waals surface area contributed by atoms with Gasteiger partial charge in [0.05, 0.1) is 5.69 Å².